The molecule has 0 bridgehead atoms. The zero-order valence-electron chi connectivity index (χ0n) is 10.3. The van der Waals surface area contributed by atoms with Gasteiger partial charge < -0.3 is 5.32 Å². The zero-order valence-corrected chi connectivity index (χ0v) is 11.9. The lowest BCUT2D eigenvalue weighted by atomic mass is 10.2. The first-order valence-electron chi connectivity index (χ1n) is 5.77. The van der Waals surface area contributed by atoms with Gasteiger partial charge in [0, 0.05) is 23.5 Å². The summed E-state index contributed by atoms with van der Waals surface area (Å²) in [6, 6.07) is 3.75. The molecule has 0 aliphatic carbocycles. The summed E-state index contributed by atoms with van der Waals surface area (Å²) in [7, 11) is 0. The molecular formula is C13H7ClFN3O2S. The standard InChI is InChI=1S/C13H7ClFN3O2S/c14-9-5-7(1-2-10(9)15)17-11(19)8-6-16-13-18(12(8)20)3-4-21-13/h1-6H,(H,17,19). The van der Waals surface area contributed by atoms with E-state index in [1.807, 2.05) is 0 Å². The number of rotatable bonds is 2. The molecule has 5 nitrogen and oxygen atoms in total. The molecule has 21 heavy (non-hydrogen) atoms. The summed E-state index contributed by atoms with van der Waals surface area (Å²) < 4.78 is 14.3. The van der Waals surface area contributed by atoms with E-state index in [-0.39, 0.29) is 10.6 Å². The number of halogens is 2. The average Bonchev–Trinajstić information content (AvgIpc) is 2.92. The molecule has 8 heteroatoms. The molecule has 0 spiro atoms. The SMILES string of the molecule is O=C(Nc1ccc(F)c(Cl)c1)c1cnc2sccn2c1=O. The van der Waals surface area contributed by atoms with Gasteiger partial charge in [-0.2, -0.15) is 0 Å². The van der Waals surface area contributed by atoms with Crippen molar-refractivity contribution in [2.24, 2.45) is 0 Å². The molecule has 1 N–H and O–H groups in total. The number of fused-ring (bicyclic) bond motifs is 1. The van der Waals surface area contributed by atoms with E-state index in [0.29, 0.717) is 10.6 Å². The quantitative estimate of drug-likeness (QED) is 0.788. The zero-order chi connectivity index (χ0) is 15.0. The van der Waals surface area contributed by atoms with Crippen LogP contribution in [0.4, 0.5) is 10.1 Å². The smallest absolute Gasteiger partial charge is 0.271 e. The average molecular weight is 324 g/mol. The van der Waals surface area contributed by atoms with Gasteiger partial charge in [0.15, 0.2) is 4.96 Å². The maximum Gasteiger partial charge on any atom is 0.271 e. The fourth-order valence-corrected chi connectivity index (χ4v) is 2.61. The monoisotopic (exact) mass is 323 g/mol. The Morgan fingerprint density at radius 1 is 1.43 bits per heavy atom. The second-order valence-corrected chi connectivity index (χ2v) is 5.40. The number of hydrogen-bond donors (Lipinski definition) is 1. The highest BCUT2D eigenvalue weighted by molar-refractivity contribution is 7.15. The molecule has 3 rings (SSSR count). The van der Waals surface area contributed by atoms with Crippen LogP contribution in [0.5, 0.6) is 0 Å². The molecule has 0 aliphatic rings. The van der Waals surface area contributed by atoms with E-state index in [1.165, 1.54) is 34.1 Å². The van der Waals surface area contributed by atoms with Gasteiger partial charge in [0.25, 0.3) is 11.5 Å². The number of nitrogens with zero attached hydrogens (tertiary/aromatic N) is 2. The fraction of sp³-hybridized carbons (Fsp3) is 0. The van der Waals surface area contributed by atoms with Gasteiger partial charge in [0.1, 0.15) is 11.4 Å². The lowest BCUT2D eigenvalue weighted by molar-refractivity contribution is 0.102. The van der Waals surface area contributed by atoms with Crippen LogP contribution in [0, 0.1) is 5.82 Å². The van der Waals surface area contributed by atoms with E-state index < -0.39 is 17.3 Å². The summed E-state index contributed by atoms with van der Waals surface area (Å²) in [6.45, 7) is 0. The van der Waals surface area contributed by atoms with Crippen molar-refractivity contribution in [1.29, 1.82) is 0 Å². The lowest BCUT2D eigenvalue weighted by Gasteiger charge is -2.05. The van der Waals surface area contributed by atoms with Crippen molar-refractivity contribution in [1.82, 2.24) is 9.38 Å². The summed E-state index contributed by atoms with van der Waals surface area (Å²) in [5.74, 6) is -1.22. The third-order valence-electron chi connectivity index (χ3n) is 2.76. The molecular weight excluding hydrogens is 317 g/mol. The van der Waals surface area contributed by atoms with Gasteiger partial charge in [0.05, 0.1) is 5.02 Å². The summed E-state index contributed by atoms with van der Waals surface area (Å²) in [4.78, 5) is 28.8. The molecule has 0 fully saturated rings. The van der Waals surface area contributed by atoms with E-state index in [4.69, 9.17) is 11.6 Å². The number of aromatic nitrogens is 2. The third-order valence-corrected chi connectivity index (χ3v) is 3.83. The summed E-state index contributed by atoms with van der Waals surface area (Å²) >= 11 is 6.93. The molecule has 0 aliphatic heterocycles. The van der Waals surface area contributed by atoms with E-state index >= 15 is 0 Å². The maximum absolute atomic E-state index is 13.1. The molecule has 0 unspecified atom stereocenters. The van der Waals surface area contributed by atoms with Crippen LogP contribution in [0.2, 0.25) is 5.02 Å². The van der Waals surface area contributed by atoms with E-state index in [0.717, 1.165) is 6.07 Å². The normalized spacial score (nSPS) is 10.8. The van der Waals surface area contributed by atoms with Gasteiger partial charge in [-0.15, -0.1) is 11.3 Å². The number of carbonyl (C=O) groups is 1. The number of benzene rings is 1. The molecule has 0 saturated carbocycles. The van der Waals surface area contributed by atoms with Crippen molar-refractivity contribution in [2.75, 3.05) is 5.32 Å². The Morgan fingerprint density at radius 3 is 3.00 bits per heavy atom. The van der Waals surface area contributed by atoms with E-state index in [2.05, 4.69) is 10.3 Å². The van der Waals surface area contributed by atoms with Gasteiger partial charge in [-0.1, -0.05) is 11.6 Å². The van der Waals surface area contributed by atoms with Crippen molar-refractivity contribution in [3.05, 3.63) is 62.7 Å². The van der Waals surface area contributed by atoms with Crippen molar-refractivity contribution in [3.8, 4) is 0 Å². The minimum atomic E-state index is -0.629. The van der Waals surface area contributed by atoms with Gasteiger partial charge in [0.2, 0.25) is 0 Å². The summed E-state index contributed by atoms with van der Waals surface area (Å²) in [5.41, 5.74) is -0.278. The molecule has 0 saturated heterocycles. The molecule has 1 amide bonds. The van der Waals surface area contributed by atoms with Crippen molar-refractivity contribution in [2.45, 2.75) is 0 Å². The van der Waals surface area contributed by atoms with Gasteiger partial charge in [-0.25, -0.2) is 9.37 Å². The van der Waals surface area contributed by atoms with E-state index in [1.54, 1.807) is 11.6 Å². The first-order valence-corrected chi connectivity index (χ1v) is 7.03. The Morgan fingerprint density at radius 2 is 2.24 bits per heavy atom. The minimum absolute atomic E-state index is 0.105. The van der Waals surface area contributed by atoms with Crippen LogP contribution in [0.15, 0.2) is 40.8 Å². The topological polar surface area (TPSA) is 63.5 Å². The Hall–Kier alpha value is -2.25. The summed E-state index contributed by atoms with van der Waals surface area (Å²) in [6.07, 6.45) is 2.76. The Bertz CT molecular complexity index is 906. The highest BCUT2D eigenvalue weighted by Crippen LogP contribution is 2.19. The second-order valence-electron chi connectivity index (χ2n) is 4.12. The first-order chi connectivity index (χ1) is 10.1. The number of amides is 1. The number of thiazole rings is 1. The predicted molar refractivity (Wildman–Crippen MR) is 78.7 cm³/mol. The molecule has 1 aromatic carbocycles. The molecule has 3 aromatic rings. The number of hydrogen-bond acceptors (Lipinski definition) is 4. The van der Waals surface area contributed by atoms with Crippen LogP contribution in [-0.2, 0) is 0 Å². The summed E-state index contributed by atoms with van der Waals surface area (Å²) in [5, 5.41) is 4.07. The minimum Gasteiger partial charge on any atom is -0.322 e. The van der Waals surface area contributed by atoms with Crippen LogP contribution in [0.3, 0.4) is 0 Å². The van der Waals surface area contributed by atoms with Crippen LogP contribution in [0.1, 0.15) is 10.4 Å². The van der Waals surface area contributed by atoms with Crippen molar-refractivity contribution in [3.63, 3.8) is 0 Å². The van der Waals surface area contributed by atoms with Gasteiger partial charge >= 0.3 is 0 Å². The lowest BCUT2D eigenvalue weighted by Crippen LogP contribution is -2.25. The van der Waals surface area contributed by atoms with Gasteiger partial charge in [-0.3, -0.25) is 14.0 Å². The molecule has 0 radical (unpaired) electrons. The fourth-order valence-electron chi connectivity index (χ4n) is 1.75. The maximum atomic E-state index is 13.1. The highest BCUT2D eigenvalue weighted by Gasteiger charge is 2.14. The number of carbonyl (C=O) groups excluding carboxylic acids is 1. The molecule has 2 heterocycles. The third kappa shape index (κ3) is 2.53. The number of nitrogens with one attached hydrogen (secondary N) is 1. The van der Waals surface area contributed by atoms with Gasteiger partial charge in [-0.05, 0) is 18.2 Å². The largest absolute Gasteiger partial charge is 0.322 e. The second kappa shape index (κ2) is 5.27. The molecule has 2 aromatic heterocycles. The Labute approximate surface area is 126 Å². The number of anilines is 1. The van der Waals surface area contributed by atoms with Crippen LogP contribution in [-0.4, -0.2) is 15.3 Å². The Balaban J connectivity index is 1.95. The highest BCUT2D eigenvalue weighted by atomic mass is 35.5. The Kier molecular flexibility index (Phi) is 3.44. The molecule has 0 atom stereocenters. The first kappa shape index (κ1) is 13.7. The van der Waals surface area contributed by atoms with Crippen molar-refractivity contribution >= 4 is 39.5 Å². The van der Waals surface area contributed by atoms with Crippen molar-refractivity contribution < 1.29 is 9.18 Å². The van der Waals surface area contributed by atoms with E-state index in [9.17, 15) is 14.0 Å². The molecule has 106 valence electrons. The van der Waals surface area contributed by atoms with Crippen LogP contribution < -0.4 is 10.9 Å². The predicted octanol–water partition coefficient (Wildman–Crippen LogP) is 2.80. The van der Waals surface area contributed by atoms with Crippen LogP contribution >= 0.6 is 22.9 Å². The van der Waals surface area contributed by atoms with Crippen LogP contribution in [0.25, 0.3) is 4.96 Å².